The molecule has 0 saturated heterocycles. The maximum Gasteiger partial charge on any atom is 0.273 e. The summed E-state index contributed by atoms with van der Waals surface area (Å²) in [7, 11) is 0. The van der Waals surface area contributed by atoms with Crippen molar-refractivity contribution < 1.29 is 4.79 Å². The second kappa shape index (κ2) is 4.70. The number of halogens is 1. The maximum atomic E-state index is 12.0. The van der Waals surface area contributed by atoms with E-state index in [1.807, 2.05) is 0 Å². The third-order valence-corrected chi connectivity index (χ3v) is 2.93. The summed E-state index contributed by atoms with van der Waals surface area (Å²) < 4.78 is 0. The van der Waals surface area contributed by atoms with Crippen LogP contribution >= 0.6 is 11.6 Å². The molecule has 3 aromatic heterocycles. The van der Waals surface area contributed by atoms with E-state index in [-0.39, 0.29) is 5.91 Å². The summed E-state index contributed by atoms with van der Waals surface area (Å²) in [5, 5.41) is 3.87. The molecular weight excluding hydrogens is 264 g/mol. The molecule has 19 heavy (non-hydrogen) atoms. The smallest absolute Gasteiger partial charge is 0.273 e. The van der Waals surface area contributed by atoms with Crippen LogP contribution in [0.25, 0.3) is 10.9 Å². The van der Waals surface area contributed by atoms with Crippen molar-refractivity contribution in [2.75, 3.05) is 5.32 Å². The van der Waals surface area contributed by atoms with Gasteiger partial charge in [-0.2, -0.15) is 0 Å². The number of amides is 1. The minimum atomic E-state index is -0.272. The summed E-state index contributed by atoms with van der Waals surface area (Å²) in [6, 6.07) is 8.81. The molecule has 0 fully saturated rings. The Morgan fingerprint density at radius 1 is 1.21 bits per heavy atom. The van der Waals surface area contributed by atoms with E-state index in [0.29, 0.717) is 22.2 Å². The van der Waals surface area contributed by atoms with Gasteiger partial charge in [-0.25, -0.2) is 9.97 Å². The Bertz CT molecular complexity index is 739. The van der Waals surface area contributed by atoms with E-state index in [1.54, 1.807) is 42.7 Å². The lowest BCUT2D eigenvalue weighted by atomic mass is 10.3. The highest BCUT2D eigenvalue weighted by Crippen LogP contribution is 2.21. The number of rotatable bonds is 2. The van der Waals surface area contributed by atoms with Crippen LogP contribution < -0.4 is 5.32 Å². The molecule has 0 saturated carbocycles. The van der Waals surface area contributed by atoms with Gasteiger partial charge in [-0.1, -0.05) is 17.7 Å². The average Bonchev–Trinajstić information content (AvgIpc) is 2.85. The van der Waals surface area contributed by atoms with Crippen LogP contribution in [0.2, 0.25) is 5.15 Å². The largest absolute Gasteiger partial charge is 0.348 e. The Hall–Kier alpha value is -2.40. The van der Waals surface area contributed by atoms with Crippen LogP contribution in [0.4, 0.5) is 5.82 Å². The van der Waals surface area contributed by atoms with Crippen molar-refractivity contribution in [2.45, 2.75) is 0 Å². The molecule has 3 aromatic rings. The second-order valence-electron chi connectivity index (χ2n) is 3.92. The highest BCUT2D eigenvalue weighted by Gasteiger charge is 2.11. The van der Waals surface area contributed by atoms with Crippen LogP contribution in [0.1, 0.15) is 10.5 Å². The van der Waals surface area contributed by atoms with Crippen LogP contribution in [0.3, 0.4) is 0 Å². The molecule has 3 heterocycles. The van der Waals surface area contributed by atoms with Gasteiger partial charge in [0.15, 0.2) is 5.15 Å². The monoisotopic (exact) mass is 272 g/mol. The third kappa shape index (κ3) is 2.28. The van der Waals surface area contributed by atoms with Gasteiger partial charge in [0.1, 0.15) is 11.5 Å². The Kier molecular flexibility index (Phi) is 2.89. The first-order valence-corrected chi connectivity index (χ1v) is 5.97. The molecule has 0 aliphatic rings. The molecule has 3 rings (SSSR count). The number of carbonyl (C=O) groups excluding carboxylic acids is 1. The lowest BCUT2D eigenvalue weighted by molar-refractivity contribution is 0.102. The number of hydrogen-bond acceptors (Lipinski definition) is 3. The minimum absolute atomic E-state index is 0.272. The van der Waals surface area contributed by atoms with Crippen LogP contribution in [0.15, 0.2) is 42.7 Å². The van der Waals surface area contributed by atoms with Crippen molar-refractivity contribution in [2.24, 2.45) is 0 Å². The summed E-state index contributed by atoms with van der Waals surface area (Å²) in [5.74, 6) is 0.223. The molecule has 0 bridgehead atoms. The summed E-state index contributed by atoms with van der Waals surface area (Å²) in [6.07, 6.45) is 3.21. The summed E-state index contributed by atoms with van der Waals surface area (Å²) in [5.41, 5.74) is 1.06. The topological polar surface area (TPSA) is 70.7 Å². The number of H-pyrrole nitrogens is 1. The van der Waals surface area contributed by atoms with Crippen molar-refractivity contribution in [3.63, 3.8) is 0 Å². The van der Waals surface area contributed by atoms with E-state index in [0.717, 1.165) is 5.39 Å². The van der Waals surface area contributed by atoms with Gasteiger partial charge >= 0.3 is 0 Å². The van der Waals surface area contributed by atoms with Gasteiger partial charge in [0, 0.05) is 17.8 Å². The number of aromatic amines is 1. The Balaban J connectivity index is 1.92. The number of fused-ring (bicyclic) bond motifs is 1. The highest BCUT2D eigenvalue weighted by atomic mass is 35.5. The van der Waals surface area contributed by atoms with Crippen molar-refractivity contribution in [3.8, 4) is 0 Å². The molecule has 0 unspecified atom stereocenters. The zero-order valence-corrected chi connectivity index (χ0v) is 10.5. The number of anilines is 1. The number of aromatic nitrogens is 3. The van der Waals surface area contributed by atoms with E-state index in [1.165, 1.54) is 0 Å². The third-order valence-electron chi connectivity index (χ3n) is 2.65. The Morgan fingerprint density at radius 2 is 2.11 bits per heavy atom. The van der Waals surface area contributed by atoms with Crippen molar-refractivity contribution in [1.82, 2.24) is 15.0 Å². The fourth-order valence-electron chi connectivity index (χ4n) is 1.76. The van der Waals surface area contributed by atoms with Gasteiger partial charge in [0.05, 0.1) is 5.52 Å². The molecule has 2 N–H and O–H groups in total. The molecule has 0 aliphatic carbocycles. The predicted molar refractivity (Wildman–Crippen MR) is 73.3 cm³/mol. The van der Waals surface area contributed by atoms with Crippen molar-refractivity contribution in [3.05, 3.63) is 53.6 Å². The standard InChI is InChI=1S/C13H9ClN4O/c14-12-11-8(4-6-16-12)7-9(17-11)13(19)18-10-3-1-2-5-15-10/h1-7,17H,(H,15,18,19). The number of nitrogens with one attached hydrogen (secondary N) is 2. The zero-order chi connectivity index (χ0) is 13.2. The molecule has 0 atom stereocenters. The molecule has 1 amide bonds. The molecule has 0 spiro atoms. The first-order valence-electron chi connectivity index (χ1n) is 5.59. The number of carbonyl (C=O) groups is 1. The first-order chi connectivity index (χ1) is 9.24. The SMILES string of the molecule is O=C(Nc1ccccn1)c1cc2ccnc(Cl)c2[nH]1. The minimum Gasteiger partial charge on any atom is -0.348 e. The van der Waals surface area contributed by atoms with Crippen molar-refractivity contribution in [1.29, 1.82) is 0 Å². The zero-order valence-electron chi connectivity index (χ0n) is 9.72. The van der Waals surface area contributed by atoms with E-state index < -0.39 is 0 Å². The summed E-state index contributed by atoms with van der Waals surface area (Å²) in [4.78, 5) is 23.0. The van der Waals surface area contributed by atoms with Crippen LogP contribution in [0, 0.1) is 0 Å². The molecule has 94 valence electrons. The molecule has 0 aliphatic heterocycles. The molecular formula is C13H9ClN4O. The Labute approximate surface area is 113 Å². The van der Waals surface area contributed by atoms with Gasteiger partial charge in [-0.05, 0) is 24.3 Å². The van der Waals surface area contributed by atoms with E-state index in [4.69, 9.17) is 11.6 Å². The fraction of sp³-hybridized carbons (Fsp3) is 0. The molecule has 0 aromatic carbocycles. The van der Waals surface area contributed by atoms with Gasteiger partial charge in [-0.3, -0.25) is 4.79 Å². The normalized spacial score (nSPS) is 10.6. The fourth-order valence-corrected chi connectivity index (χ4v) is 1.98. The van der Waals surface area contributed by atoms with Gasteiger partial charge in [-0.15, -0.1) is 0 Å². The quantitative estimate of drug-likeness (QED) is 0.705. The van der Waals surface area contributed by atoms with E-state index >= 15 is 0 Å². The van der Waals surface area contributed by atoms with E-state index in [9.17, 15) is 4.79 Å². The number of nitrogens with zero attached hydrogens (tertiary/aromatic N) is 2. The van der Waals surface area contributed by atoms with Crippen LogP contribution in [-0.4, -0.2) is 20.9 Å². The maximum absolute atomic E-state index is 12.0. The first kappa shape index (κ1) is 11.7. The molecule has 6 heteroatoms. The van der Waals surface area contributed by atoms with Crippen LogP contribution in [-0.2, 0) is 0 Å². The predicted octanol–water partition coefficient (Wildman–Crippen LogP) is 2.86. The summed E-state index contributed by atoms with van der Waals surface area (Å²) >= 11 is 5.95. The van der Waals surface area contributed by atoms with Crippen LogP contribution in [0.5, 0.6) is 0 Å². The lowest BCUT2D eigenvalue weighted by Gasteiger charge is -2.01. The van der Waals surface area contributed by atoms with Gasteiger partial charge in [0.2, 0.25) is 0 Å². The molecule has 5 nitrogen and oxygen atoms in total. The van der Waals surface area contributed by atoms with Gasteiger partial charge in [0.25, 0.3) is 5.91 Å². The summed E-state index contributed by atoms with van der Waals surface area (Å²) in [6.45, 7) is 0. The number of pyridine rings is 2. The highest BCUT2D eigenvalue weighted by molar-refractivity contribution is 6.34. The van der Waals surface area contributed by atoms with E-state index in [2.05, 4.69) is 20.3 Å². The van der Waals surface area contributed by atoms with Gasteiger partial charge < -0.3 is 10.3 Å². The average molecular weight is 273 g/mol. The molecule has 0 radical (unpaired) electrons. The number of hydrogen-bond donors (Lipinski definition) is 2. The lowest BCUT2D eigenvalue weighted by Crippen LogP contribution is -2.12. The van der Waals surface area contributed by atoms with Crippen molar-refractivity contribution >= 4 is 34.2 Å². The Morgan fingerprint density at radius 3 is 2.84 bits per heavy atom. The second-order valence-corrected chi connectivity index (χ2v) is 4.28.